The standard InChI is InChI=1S/C15H20BrClO/c16-9-4-10-18-15-8-2-1-7-14(15)12-5-3-6-13(17)11-12/h1-2,7-8,12-13H,3-6,9-11H2. The lowest BCUT2D eigenvalue weighted by Gasteiger charge is -2.27. The minimum absolute atomic E-state index is 0.333. The molecule has 1 aromatic carbocycles. The molecule has 1 nitrogen and oxygen atoms in total. The molecule has 1 saturated carbocycles. The lowest BCUT2D eigenvalue weighted by Crippen LogP contribution is -2.15. The van der Waals surface area contributed by atoms with Gasteiger partial charge < -0.3 is 4.74 Å². The predicted molar refractivity (Wildman–Crippen MR) is 81.2 cm³/mol. The molecule has 2 atom stereocenters. The van der Waals surface area contributed by atoms with Crippen LogP contribution in [-0.4, -0.2) is 17.3 Å². The van der Waals surface area contributed by atoms with Crippen LogP contribution in [0.1, 0.15) is 43.6 Å². The lowest BCUT2D eigenvalue weighted by atomic mass is 9.83. The number of ether oxygens (including phenoxy) is 1. The summed E-state index contributed by atoms with van der Waals surface area (Å²) in [5, 5.41) is 1.32. The molecule has 18 heavy (non-hydrogen) atoms. The van der Waals surface area contributed by atoms with Gasteiger partial charge in [-0.3, -0.25) is 0 Å². The minimum atomic E-state index is 0.333. The zero-order valence-electron chi connectivity index (χ0n) is 10.6. The second kappa shape index (κ2) is 7.40. The molecule has 100 valence electrons. The number of hydrogen-bond acceptors (Lipinski definition) is 1. The summed E-state index contributed by atoms with van der Waals surface area (Å²) in [6, 6.07) is 8.43. The Morgan fingerprint density at radius 3 is 2.89 bits per heavy atom. The van der Waals surface area contributed by atoms with Crippen molar-refractivity contribution in [2.24, 2.45) is 0 Å². The van der Waals surface area contributed by atoms with Crippen LogP contribution in [0.25, 0.3) is 0 Å². The molecule has 1 fully saturated rings. The first-order valence-corrected chi connectivity index (χ1v) is 8.29. The van der Waals surface area contributed by atoms with Gasteiger partial charge >= 0.3 is 0 Å². The van der Waals surface area contributed by atoms with E-state index < -0.39 is 0 Å². The highest BCUT2D eigenvalue weighted by atomic mass is 79.9. The van der Waals surface area contributed by atoms with E-state index in [-0.39, 0.29) is 0 Å². The van der Waals surface area contributed by atoms with Gasteiger partial charge in [0.25, 0.3) is 0 Å². The van der Waals surface area contributed by atoms with E-state index >= 15 is 0 Å². The van der Waals surface area contributed by atoms with E-state index in [1.807, 2.05) is 6.07 Å². The zero-order chi connectivity index (χ0) is 12.8. The van der Waals surface area contributed by atoms with Gasteiger partial charge in [-0.1, -0.05) is 40.5 Å². The topological polar surface area (TPSA) is 9.23 Å². The van der Waals surface area contributed by atoms with E-state index in [1.54, 1.807) is 0 Å². The quantitative estimate of drug-likeness (QED) is 0.538. The highest BCUT2D eigenvalue weighted by molar-refractivity contribution is 9.09. The van der Waals surface area contributed by atoms with Crippen molar-refractivity contribution in [3.05, 3.63) is 29.8 Å². The summed E-state index contributed by atoms with van der Waals surface area (Å²) in [4.78, 5) is 0. The van der Waals surface area contributed by atoms with Crippen molar-refractivity contribution in [2.75, 3.05) is 11.9 Å². The van der Waals surface area contributed by atoms with Crippen molar-refractivity contribution >= 4 is 27.5 Å². The number of hydrogen-bond donors (Lipinski definition) is 0. The van der Waals surface area contributed by atoms with E-state index in [2.05, 4.69) is 34.1 Å². The van der Waals surface area contributed by atoms with Gasteiger partial charge in [-0.15, -0.1) is 11.6 Å². The molecule has 0 radical (unpaired) electrons. The Labute approximate surface area is 123 Å². The molecule has 1 aliphatic rings. The van der Waals surface area contributed by atoms with Crippen LogP contribution in [0.15, 0.2) is 24.3 Å². The van der Waals surface area contributed by atoms with Gasteiger partial charge in [-0.05, 0) is 43.2 Å². The van der Waals surface area contributed by atoms with Gasteiger partial charge in [0.2, 0.25) is 0 Å². The second-order valence-electron chi connectivity index (χ2n) is 4.89. The van der Waals surface area contributed by atoms with E-state index in [1.165, 1.54) is 18.4 Å². The van der Waals surface area contributed by atoms with Gasteiger partial charge in [0.05, 0.1) is 6.61 Å². The molecule has 3 heteroatoms. The summed E-state index contributed by atoms with van der Waals surface area (Å²) in [6.45, 7) is 0.777. The Morgan fingerprint density at radius 1 is 1.28 bits per heavy atom. The summed E-state index contributed by atoms with van der Waals surface area (Å²) in [7, 11) is 0. The van der Waals surface area contributed by atoms with Crippen molar-refractivity contribution in [2.45, 2.75) is 43.4 Å². The van der Waals surface area contributed by atoms with Crippen molar-refractivity contribution in [1.29, 1.82) is 0 Å². The molecule has 0 aliphatic heterocycles. The van der Waals surface area contributed by atoms with E-state index in [0.29, 0.717) is 11.3 Å². The van der Waals surface area contributed by atoms with Crippen molar-refractivity contribution in [3.63, 3.8) is 0 Å². The van der Waals surface area contributed by atoms with Gasteiger partial charge in [0.15, 0.2) is 0 Å². The van der Waals surface area contributed by atoms with E-state index in [4.69, 9.17) is 16.3 Å². The maximum absolute atomic E-state index is 6.29. The molecule has 0 heterocycles. The first-order chi connectivity index (χ1) is 8.81. The minimum Gasteiger partial charge on any atom is -0.493 e. The third-order valence-electron chi connectivity index (χ3n) is 3.50. The van der Waals surface area contributed by atoms with Crippen LogP contribution in [0.2, 0.25) is 0 Å². The Hall–Kier alpha value is -0.210. The van der Waals surface area contributed by atoms with Crippen LogP contribution in [0.4, 0.5) is 0 Å². The molecule has 2 unspecified atom stereocenters. The highest BCUT2D eigenvalue weighted by Gasteiger charge is 2.23. The van der Waals surface area contributed by atoms with Crippen LogP contribution in [-0.2, 0) is 0 Å². The number of halogens is 2. The molecule has 1 aromatic rings. The van der Waals surface area contributed by atoms with E-state index in [9.17, 15) is 0 Å². The molecular weight excluding hydrogens is 312 g/mol. The zero-order valence-corrected chi connectivity index (χ0v) is 12.9. The van der Waals surface area contributed by atoms with Crippen LogP contribution < -0.4 is 4.74 Å². The fourth-order valence-electron chi connectivity index (χ4n) is 2.60. The second-order valence-corrected chi connectivity index (χ2v) is 6.30. The van der Waals surface area contributed by atoms with Gasteiger partial charge in [-0.2, -0.15) is 0 Å². The summed E-state index contributed by atoms with van der Waals surface area (Å²) < 4.78 is 5.89. The van der Waals surface area contributed by atoms with E-state index in [0.717, 1.165) is 36.9 Å². The van der Waals surface area contributed by atoms with Crippen molar-refractivity contribution in [1.82, 2.24) is 0 Å². The fourth-order valence-corrected chi connectivity index (χ4v) is 3.20. The number of alkyl halides is 2. The van der Waals surface area contributed by atoms with Crippen molar-refractivity contribution < 1.29 is 4.74 Å². The average Bonchev–Trinajstić information content (AvgIpc) is 2.40. The number of benzene rings is 1. The van der Waals surface area contributed by atoms with Crippen LogP contribution >= 0.6 is 27.5 Å². The van der Waals surface area contributed by atoms with Gasteiger partial charge in [0, 0.05) is 10.7 Å². The average molecular weight is 332 g/mol. The summed E-state index contributed by atoms with van der Waals surface area (Å²) >= 11 is 9.72. The maximum Gasteiger partial charge on any atom is 0.122 e. The molecule has 0 aromatic heterocycles. The fraction of sp³-hybridized carbons (Fsp3) is 0.600. The Kier molecular flexibility index (Phi) is 5.84. The SMILES string of the molecule is ClC1CCCC(c2ccccc2OCCCBr)C1. The Bertz CT molecular complexity index is 369. The Balaban J connectivity index is 2.06. The summed E-state index contributed by atoms with van der Waals surface area (Å²) in [6.07, 6.45) is 5.75. The molecule has 1 aliphatic carbocycles. The highest BCUT2D eigenvalue weighted by Crippen LogP contribution is 2.39. The molecular formula is C15H20BrClO. The third-order valence-corrected chi connectivity index (χ3v) is 4.46. The Morgan fingerprint density at radius 2 is 2.11 bits per heavy atom. The molecule has 0 bridgehead atoms. The predicted octanol–water partition coefficient (Wildman–Crippen LogP) is 5.12. The van der Waals surface area contributed by atoms with Gasteiger partial charge in [0.1, 0.15) is 5.75 Å². The van der Waals surface area contributed by atoms with Crippen molar-refractivity contribution in [3.8, 4) is 5.75 Å². The molecule has 0 spiro atoms. The first kappa shape index (κ1) is 14.2. The molecule has 0 N–H and O–H groups in total. The van der Waals surface area contributed by atoms with Crippen LogP contribution in [0, 0.1) is 0 Å². The molecule has 0 amide bonds. The monoisotopic (exact) mass is 330 g/mol. The summed E-state index contributed by atoms with van der Waals surface area (Å²) in [5.74, 6) is 1.62. The molecule has 2 rings (SSSR count). The van der Waals surface area contributed by atoms with Gasteiger partial charge in [-0.25, -0.2) is 0 Å². The smallest absolute Gasteiger partial charge is 0.122 e. The number of para-hydroxylation sites is 1. The number of rotatable bonds is 5. The maximum atomic E-state index is 6.29. The summed E-state index contributed by atoms with van der Waals surface area (Å²) in [5.41, 5.74) is 1.34. The lowest BCUT2D eigenvalue weighted by molar-refractivity contribution is 0.309. The molecule has 0 saturated heterocycles. The first-order valence-electron chi connectivity index (χ1n) is 6.73. The van der Waals surface area contributed by atoms with Crippen LogP contribution in [0.3, 0.4) is 0 Å². The third kappa shape index (κ3) is 3.89. The largest absolute Gasteiger partial charge is 0.493 e. The van der Waals surface area contributed by atoms with Crippen LogP contribution in [0.5, 0.6) is 5.75 Å². The normalized spacial score (nSPS) is 23.9.